The molecule has 124 valence electrons. The maximum Gasteiger partial charge on any atom is 0.259 e. The fourth-order valence-corrected chi connectivity index (χ4v) is 3.52. The zero-order chi connectivity index (χ0) is 17.4. The monoisotopic (exact) mass is 348 g/mol. The molecule has 0 aliphatic rings. The Labute approximate surface area is 148 Å². The number of nitrogens with zero attached hydrogens (tertiary/aromatic N) is 2. The number of H-pyrrole nitrogens is 1. The van der Waals surface area contributed by atoms with Crippen LogP contribution in [0.3, 0.4) is 0 Å². The molecule has 0 aliphatic carbocycles. The van der Waals surface area contributed by atoms with E-state index in [9.17, 15) is 4.79 Å². The number of fused-ring (bicyclic) bond motifs is 1. The summed E-state index contributed by atoms with van der Waals surface area (Å²) in [6, 6.07) is 11.7. The standard InChI is InChI=1S/C19H16N4OS/c1-11-7-8-13(9-20-11)18(24)23-19-22-16(10-25-19)17-12(2)21-15-6-4-3-5-14(15)17/h3-10,21H,1-2H3,(H,22,23,24). The topological polar surface area (TPSA) is 70.7 Å². The number of benzene rings is 1. The molecule has 6 heteroatoms. The Kier molecular flexibility index (Phi) is 3.82. The molecule has 0 atom stereocenters. The summed E-state index contributed by atoms with van der Waals surface area (Å²) >= 11 is 1.41. The highest BCUT2D eigenvalue weighted by Crippen LogP contribution is 2.33. The van der Waals surface area contributed by atoms with E-state index in [0.717, 1.165) is 33.5 Å². The summed E-state index contributed by atoms with van der Waals surface area (Å²) in [7, 11) is 0. The molecule has 3 aromatic heterocycles. The lowest BCUT2D eigenvalue weighted by molar-refractivity contribution is 0.102. The number of nitrogens with one attached hydrogen (secondary N) is 2. The molecule has 0 fully saturated rings. The van der Waals surface area contributed by atoms with E-state index in [2.05, 4.69) is 26.3 Å². The fourth-order valence-electron chi connectivity index (χ4n) is 2.82. The summed E-state index contributed by atoms with van der Waals surface area (Å²) in [5.74, 6) is -0.205. The summed E-state index contributed by atoms with van der Waals surface area (Å²) in [5, 5.41) is 6.51. The van der Waals surface area contributed by atoms with Gasteiger partial charge in [0.15, 0.2) is 5.13 Å². The molecule has 1 aromatic carbocycles. The maximum atomic E-state index is 12.3. The number of aromatic nitrogens is 3. The summed E-state index contributed by atoms with van der Waals surface area (Å²) < 4.78 is 0. The highest BCUT2D eigenvalue weighted by Gasteiger charge is 2.15. The lowest BCUT2D eigenvalue weighted by atomic mass is 10.1. The van der Waals surface area contributed by atoms with Crippen molar-refractivity contribution in [2.24, 2.45) is 0 Å². The van der Waals surface area contributed by atoms with Gasteiger partial charge in [0, 0.05) is 39.4 Å². The highest BCUT2D eigenvalue weighted by atomic mass is 32.1. The molecule has 3 heterocycles. The molecule has 0 spiro atoms. The van der Waals surface area contributed by atoms with Gasteiger partial charge in [0.05, 0.1) is 11.3 Å². The molecule has 0 unspecified atom stereocenters. The lowest BCUT2D eigenvalue weighted by Crippen LogP contribution is -2.12. The molecule has 0 saturated carbocycles. The van der Waals surface area contributed by atoms with E-state index in [4.69, 9.17) is 0 Å². The smallest absolute Gasteiger partial charge is 0.259 e. The average Bonchev–Trinajstić information content (AvgIpc) is 3.18. The van der Waals surface area contributed by atoms with Gasteiger partial charge in [0.1, 0.15) is 0 Å². The lowest BCUT2D eigenvalue weighted by Gasteiger charge is -2.01. The van der Waals surface area contributed by atoms with Crippen molar-refractivity contribution in [3.05, 3.63) is 64.9 Å². The number of aromatic amines is 1. The van der Waals surface area contributed by atoms with Gasteiger partial charge in [0.25, 0.3) is 5.91 Å². The normalized spacial score (nSPS) is 11.0. The van der Waals surface area contributed by atoms with Gasteiger partial charge in [-0.3, -0.25) is 15.1 Å². The van der Waals surface area contributed by atoms with E-state index in [-0.39, 0.29) is 5.91 Å². The number of carbonyl (C=O) groups excluding carboxylic acids is 1. The van der Waals surface area contributed by atoms with Crippen molar-refractivity contribution in [1.29, 1.82) is 0 Å². The van der Waals surface area contributed by atoms with E-state index in [1.807, 2.05) is 43.5 Å². The van der Waals surface area contributed by atoms with Crippen molar-refractivity contribution in [3.63, 3.8) is 0 Å². The van der Waals surface area contributed by atoms with Crippen LogP contribution in [0.5, 0.6) is 0 Å². The Bertz CT molecular complexity index is 1060. The maximum absolute atomic E-state index is 12.3. The van der Waals surface area contributed by atoms with E-state index in [0.29, 0.717) is 10.7 Å². The van der Waals surface area contributed by atoms with Crippen LogP contribution in [0.15, 0.2) is 48.0 Å². The van der Waals surface area contributed by atoms with Crippen molar-refractivity contribution in [2.45, 2.75) is 13.8 Å². The first kappa shape index (κ1) is 15.5. The molecular weight excluding hydrogens is 332 g/mol. The molecule has 1 amide bonds. The number of para-hydroxylation sites is 1. The Hall–Kier alpha value is -2.99. The third kappa shape index (κ3) is 2.92. The van der Waals surface area contributed by atoms with E-state index < -0.39 is 0 Å². The number of thiazole rings is 1. The van der Waals surface area contributed by atoms with E-state index >= 15 is 0 Å². The number of carbonyl (C=O) groups is 1. The Morgan fingerprint density at radius 3 is 2.80 bits per heavy atom. The average molecular weight is 348 g/mol. The number of rotatable bonds is 3. The minimum Gasteiger partial charge on any atom is -0.358 e. The van der Waals surface area contributed by atoms with Gasteiger partial charge < -0.3 is 4.98 Å². The quantitative estimate of drug-likeness (QED) is 0.570. The van der Waals surface area contributed by atoms with Crippen LogP contribution in [0.2, 0.25) is 0 Å². The van der Waals surface area contributed by atoms with Crippen LogP contribution in [0, 0.1) is 13.8 Å². The summed E-state index contributed by atoms with van der Waals surface area (Å²) in [6.07, 6.45) is 1.57. The zero-order valence-corrected chi connectivity index (χ0v) is 14.6. The molecule has 2 N–H and O–H groups in total. The minimum atomic E-state index is -0.205. The van der Waals surface area contributed by atoms with Gasteiger partial charge in [-0.15, -0.1) is 11.3 Å². The predicted octanol–water partition coefficient (Wildman–Crippen LogP) is 4.56. The van der Waals surface area contributed by atoms with Crippen molar-refractivity contribution in [1.82, 2.24) is 15.0 Å². The Morgan fingerprint density at radius 1 is 1.16 bits per heavy atom. The van der Waals surface area contributed by atoms with Crippen LogP contribution in [-0.2, 0) is 0 Å². The van der Waals surface area contributed by atoms with Crippen molar-refractivity contribution in [2.75, 3.05) is 5.32 Å². The van der Waals surface area contributed by atoms with Crippen LogP contribution in [0.1, 0.15) is 21.7 Å². The van der Waals surface area contributed by atoms with Gasteiger partial charge >= 0.3 is 0 Å². The van der Waals surface area contributed by atoms with Crippen molar-refractivity contribution in [3.8, 4) is 11.3 Å². The van der Waals surface area contributed by atoms with Crippen molar-refractivity contribution >= 4 is 33.3 Å². The predicted molar refractivity (Wildman–Crippen MR) is 101 cm³/mol. The van der Waals surface area contributed by atoms with Gasteiger partial charge in [-0.2, -0.15) is 0 Å². The number of pyridine rings is 1. The number of aryl methyl sites for hydroxylation is 2. The molecule has 0 saturated heterocycles. The molecule has 0 aliphatic heterocycles. The molecule has 4 aromatic rings. The molecular formula is C19H16N4OS. The second kappa shape index (κ2) is 6.14. The van der Waals surface area contributed by atoms with Crippen LogP contribution in [0.4, 0.5) is 5.13 Å². The first-order chi connectivity index (χ1) is 12.1. The first-order valence-corrected chi connectivity index (χ1v) is 8.77. The van der Waals surface area contributed by atoms with E-state index in [1.54, 1.807) is 12.3 Å². The number of amides is 1. The van der Waals surface area contributed by atoms with Gasteiger partial charge in [-0.1, -0.05) is 18.2 Å². The minimum absolute atomic E-state index is 0.205. The van der Waals surface area contributed by atoms with Crippen LogP contribution in [0.25, 0.3) is 22.2 Å². The number of hydrogen-bond acceptors (Lipinski definition) is 4. The van der Waals surface area contributed by atoms with Crippen LogP contribution in [-0.4, -0.2) is 20.9 Å². The second-order valence-corrected chi connectivity index (χ2v) is 6.71. The van der Waals surface area contributed by atoms with Crippen LogP contribution >= 0.6 is 11.3 Å². The van der Waals surface area contributed by atoms with Gasteiger partial charge in [0.2, 0.25) is 0 Å². The van der Waals surface area contributed by atoms with Crippen molar-refractivity contribution < 1.29 is 4.79 Å². The SMILES string of the molecule is Cc1ccc(C(=O)Nc2nc(-c3c(C)[nH]c4ccccc34)cs2)cn1. The van der Waals surface area contributed by atoms with Gasteiger partial charge in [-0.05, 0) is 32.0 Å². The second-order valence-electron chi connectivity index (χ2n) is 5.85. The summed E-state index contributed by atoms with van der Waals surface area (Å²) in [6.45, 7) is 3.92. The fraction of sp³-hybridized carbons (Fsp3) is 0.105. The Morgan fingerprint density at radius 2 is 2.00 bits per heavy atom. The number of anilines is 1. The van der Waals surface area contributed by atoms with Gasteiger partial charge in [-0.25, -0.2) is 4.98 Å². The molecule has 5 nitrogen and oxygen atoms in total. The summed E-state index contributed by atoms with van der Waals surface area (Å²) in [5.41, 5.74) is 5.47. The Balaban J connectivity index is 1.63. The third-order valence-electron chi connectivity index (χ3n) is 4.05. The third-order valence-corrected chi connectivity index (χ3v) is 4.81. The molecule has 0 radical (unpaired) electrons. The first-order valence-electron chi connectivity index (χ1n) is 7.89. The van der Waals surface area contributed by atoms with Crippen LogP contribution < -0.4 is 5.32 Å². The largest absolute Gasteiger partial charge is 0.358 e. The number of hydrogen-bond donors (Lipinski definition) is 2. The molecule has 4 rings (SSSR count). The highest BCUT2D eigenvalue weighted by molar-refractivity contribution is 7.14. The van der Waals surface area contributed by atoms with E-state index in [1.165, 1.54) is 11.3 Å². The molecule has 0 bridgehead atoms. The zero-order valence-electron chi connectivity index (χ0n) is 13.8. The molecule has 25 heavy (non-hydrogen) atoms. The summed E-state index contributed by atoms with van der Waals surface area (Å²) in [4.78, 5) is 24.4.